The third-order valence-electron chi connectivity index (χ3n) is 3.77. The zero-order valence-electron chi connectivity index (χ0n) is 18.1. The van der Waals surface area contributed by atoms with E-state index in [1.54, 1.807) is 7.11 Å². The van der Waals surface area contributed by atoms with Crippen LogP contribution in [0.25, 0.3) is 0 Å². The molecular weight excluding hydrogens is 460 g/mol. The second-order valence-electron chi connectivity index (χ2n) is 5.95. The van der Waals surface area contributed by atoms with Gasteiger partial charge in [0.05, 0.1) is 29.4 Å². The van der Waals surface area contributed by atoms with Gasteiger partial charge in [-0.1, -0.05) is 24.3 Å². The number of ether oxygens (including phenoxy) is 1. The van der Waals surface area contributed by atoms with Crippen molar-refractivity contribution in [2.45, 2.75) is 19.3 Å². The van der Waals surface area contributed by atoms with E-state index in [1.807, 2.05) is 6.92 Å². The summed E-state index contributed by atoms with van der Waals surface area (Å²) in [4.78, 5) is 26.5. The first kappa shape index (κ1) is 29.9. The maximum Gasteiger partial charge on any atom is 0.417 e. The number of carboxylic acids is 1. The molecule has 0 heterocycles. The lowest BCUT2D eigenvalue weighted by Gasteiger charge is -2.17. The highest BCUT2D eigenvalue weighted by Gasteiger charge is 2.36. The standard InChI is InChI=1S/C10H10F3NO2.C8H5F3O2.C3H8O/c1-14(16-2)9(15)7-5-3-4-6-8(7)10(11,12)13;9-8(10,11)6-4-2-1-3-5(6)7(12)13;1-3-4-2/h3-6H,1-2H3;1-4H,(H,12,13);3H2,1-2H3. The summed E-state index contributed by atoms with van der Waals surface area (Å²) in [6.07, 6.45) is -9.17. The van der Waals surface area contributed by atoms with E-state index in [4.69, 9.17) is 5.11 Å². The molecule has 2 rings (SSSR count). The zero-order chi connectivity index (χ0) is 25.8. The van der Waals surface area contributed by atoms with E-state index >= 15 is 0 Å². The Morgan fingerprint density at radius 2 is 1.21 bits per heavy atom. The van der Waals surface area contributed by atoms with Crippen LogP contribution in [-0.2, 0) is 21.9 Å². The monoisotopic (exact) mass is 483 g/mol. The number of rotatable bonds is 4. The van der Waals surface area contributed by atoms with Gasteiger partial charge < -0.3 is 9.84 Å². The van der Waals surface area contributed by atoms with Crippen LogP contribution in [0.1, 0.15) is 38.8 Å². The third kappa shape index (κ3) is 9.91. The minimum absolute atomic E-state index is 0.431. The summed E-state index contributed by atoms with van der Waals surface area (Å²) in [5.74, 6) is -2.41. The summed E-state index contributed by atoms with van der Waals surface area (Å²) >= 11 is 0. The Balaban J connectivity index is 0.000000542. The zero-order valence-corrected chi connectivity index (χ0v) is 18.1. The van der Waals surface area contributed by atoms with Crippen LogP contribution >= 0.6 is 0 Å². The lowest BCUT2D eigenvalue weighted by atomic mass is 10.1. The SMILES string of the molecule is CCOC.CON(C)C(=O)c1ccccc1C(F)(F)F.O=C(O)c1ccccc1C(F)(F)F. The van der Waals surface area contributed by atoms with Crippen molar-refractivity contribution >= 4 is 11.9 Å². The van der Waals surface area contributed by atoms with Crippen molar-refractivity contribution in [3.05, 3.63) is 70.8 Å². The number of hydrogen-bond acceptors (Lipinski definition) is 4. The van der Waals surface area contributed by atoms with Gasteiger partial charge in [-0.05, 0) is 31.2 Å². The molecule has 1 amide bonds. The highest BCUT2D eigenvalue weighted by Crippen LogP contribution is 2.32. The average Bonchev–Trinajstić information content (AvgIpc) is 2.77. The van der Waals surface area contributed by atoms with Crippen molar-refractivity contribution in [2.75, 3.05) is 27.9 Å². The number of carbonyl (C=O) groups is 2. The van der Waals surface area contributed by atoms with Crippen LogP contribution in [0, 0.1) is 0 Å². The van der Waals surface area contributed by atoms with Crippen molar-refractivity contribution in [1.29, 1.82) is 0 Å². The summed E-state index contributed by atoms with van der Waals surface area (Å²) in [6, 6.07) is 8.62. The van der Waals surface area contributed by atoms with Crippen molar-refractivity contribution in [2.24, 2.45) is 0 Å². The average molecular weight is 483 g/mol. The van der Waals surface area contributed by atoms with Crippen LogP contribution in [0.3, 0.4) is 0 Å². The van der Waals surface area contributed by atoms with Gasteiger partial charge in [-0.2, -0.15) is 26.3 Å². The third-order valence-corrected chi connectivity index (χ3v) is 3.77. The van der Waals surface area contributed by atoms with Crippen molar-refractivity contribution in [1.82, 2.24) is 5.06 Å². The highest BCUT2D eigenvalue weighted by molar-refractivity contribution is 5.95. The van der Waals surface area contributed by atoms with E-state index in [0.717, 1.165) is 42.0 Å². The largest absolute Gasteiger partial charge is 0.478 e. The van der Waals surface area contributed by atoms with Crippen molar-refractivity contribution in [3.8, 4) is 0 Å². The molecule has 0 atom stereocenters. The molecule has 0 spiro atoms. The van der Waals surface area contributed by atoms with Gasteiger partial charge >= 0.3 is 18.3 Å². The molecule has 0 saturated carbocycles. The number of carboxylic acid groups (broad SMARTS) is 1. The van der Waals surface area contributed by atoms with Crippen LogP contribution in [0.5, 0.6) is 0 Å². The number of nitrogens with zero attached hydrogens (tertiary/aromatic N) is 1. The van der Waals surface area contributed by atoms with Crippen LogP contribution in [0.15, 0.2) is 48.5 Å². The summed E-state index contributed by atoms with van der Waals surface area (Å²) in [5, 5.41) is 9.17. The Hall–Kier alpha value is -3.12. The van der Waals surface area contributed by atoms with Crippen LogP contribution in [-0.4, -0.2) is 49.9 Å². The first-order valence-electron chi connectivity index (χ1n) is 9.09. The van der Waals surface area contributed by atoms with E-state index in [9.17, 15) is 35.9 Å². The van der Waals surface area contributed by atoms with E-state index in [1.165, 1.54) is 32.4 Å². The minimum Gasteiger partial charge on any atom is -0.478 e. The number of halogens is 6. The number of methoxy groups -OCH3 is 1. The Kier molecular flexibility index (Phi) is 12.2. The second-order valence-corrected chi connectivity index (χ2v) is 5.95. The number of aromatic carboxylic acids is 1. The summed E-state index contributed by atoms with van der Waals surface area (Å²) in [7, 11) is 4.13. The fraction of sp³-hybridized carbons (Fsp3) is 0.333. The topological polar surface area (TPSA) is 76.1 Å². The lowest BCUT2D eigenvalue weighted by Crippen LogP contribution is -2.27. The molecule has 0 fully saturated rings. The van der Waals surface area contributed by atoms with E-state index in [2.05, 4.69) is 9.57 Å². The number of hydrogen-bond donors (Lipinski definition) is 1. The maximum absolute atomic E-state index is 12.6. The Morgan fingerprint density at radius 3 is 1.52 bits per heavy atom. The summed E-state index contributed by atoms with van der Waals surface area (Å²) < 4.78 is 78.7. The molecule has 0 aliphatic carbocycles. The highest BCUT2D eigenvalue weighted by atomic mass is 19.4. The molecule has 2 aromatic carbocycles. The fourth-order valence-electron chi connectivity index (χ4n) is 2.09. The van der Waals surface area contributed by atoms with Gasteiger partial charge in [0.2, 0.25) is 0 Å². The normalized spacial score (nSPS) is 10.8. The van der Waals surface area contributed by atoms with Crippen molar-refractivity contribution < 1.29 is 50.6 Å². The quantitative estimate of drug-likeness (QED) is 0.466. The predicted molar refractivity (Wildman–Crippen MR) is 106 cm³/mol. The first-order chi connectivity index (χ1) is 15.2. The molecule has 12 heteroatoms. The lowest BCUT2D eigenvalue weighted by molar-refractivity contribution is -0.139. The predicted octanol–water partition coefficient (Wildman–Crippen LogP) is 5.40. The molecule has 33 heavy (non-hydrogen) atoms. The number of carbonyl (C=O) groups excluding carboxylic acids is 1. The molecule has 2 aromatic rings. The molecule has 0 saturated heterocycles. The first-order valence-corrected chi connectivity index (χ1v) is 9.09. The molecule has 0 aliphatic rings. The molecule has 0 unspecified atom stereocenters. The van der Waals surface area contributed by atoms with Gasteiger partial charge in [0.25, 0.3) is 5.91 Å². The summed E-state index contributed by atoms with van der Waals surface area (Å²) in [5.41, 5.74) is -3.25. The van der Waals surface area contributed by atoms with Crippen LogP contribution < -0.4 is 0 Å². The molecule has 0 bridgehead atoms. The van der Waals surface area contributed by atoms with E-state index < -0.39 is 46.5 Å². The molecule has 0 aromatic heterocycles. The Labute approximate surface area is 186 Å². The smallest absolute Gasteiger partial charge is 0.417 e. The van der Waals surface area contributed by atoms with Gasteiger partial charge in [-0.15, -0.1) is 0 Å². The number of alkyl halides is 6. The van der Waals surface area contributed by atoms with Gasteiger partial charge in [0, 0.05) is 20.8 Å². The molecule has 0 aliphatic heterocycles. The van der Waals surface area contributed by atoms with Gasteiger partial charge in [0.15, 0.2) is 0 Å². The van der Waals surface area contributed by atoms with Gasteiger partial charge in [-0.3, -0.25) is 9.63 Å². The van der Waals surface area contributed by atoms with Gasteiger partial charge in [0.1, 0.15) is 0 Å². The number of benzene rings is 2. The Morgan fingerprint density at radius 1 is 0.848 bits per heavy atom. The van der Waals surface area contributed by atoms with Gasteiger partial charge in [-0.25, -0.2) is 9.86 Å². The molecule has 6 nitrogen and oxygen atoms in total. The van der Waals surface area contributed by atoms with E-state index in [0.29, 0.717) is 0 Å². The molecule has 184 valence electrons. The molecule has 0 radical (unpaired) electrons. The fourth-order valence-corrected chi connectivity index (χ4v) is 2.09. The maximum atomic E-state index is 12.6. The van der Waals surface area contributed by atoms with Crippen LogP contribution in [0.4, 0.5) is 26.3 Å². The summed E-state index contributed by atoms with van der Waals surface area (Å²) in [6.45, 7) is 2.78. The molecule has 1 N–H and O–H groups in total. The van der Waals surface area contributed by atoms with E-state index in [-0.39, 0.29) is 0 Å². The Bertz CT molecular complexity index is 897. The minimum atomic E-state index is -4.62. The van der Waals surface area contributed by atoms with Crippen LogP contribution in [0.2, 0.25) is 0 Å². The molecular formula is C21H23F6NO5. The number of hydroxylamine groups is 2. The van der Waals surface area contributed by atoms with Crippen molar-refractivity contribution in [3.63, 3.8) is 0 Å². The second kappa shape index (κ2) is 13.4. The number of amides is 1.